The lowest BCUT2D eigenvalue weighted by molar-refractivity contribution is -0.449. The van der Waals surface area contributed by atoms with Gasteiger partial charge in [-0.3, -0.25) is 0 Å². The molecule has 0 spiro atoms. The van der Waals surface area contributed by atoms with Crippen LogP contribution < -0.4 is 0 Å². The highest BCUT2D eigenvalue weighted by Gasteiger charge is 2.94. The molecule has 0 fully saturated rings. The van der Waals surface area contributed by atoms with E-state index in [1.807, 2.05) is 0 Å². The van der Waals surface area contributed by atoms with Gasteiger partial charge in [-0.15, -0.1) is 0 Å². The summed E-state index contributed by atoms with van der Waals surface area (Å²) < 4.78 is 245. The van der Waals surface area contributed by atoms with Crippen molar-refractivity contribution in [2.45, 2.75) is 53.9 Å². The Morgan fingerprint density at radius 1 is 0.516 bits per heavy atom. The van der Waals surface area contributed by atoms with Crippen LogP contribution in [0.5, 0.6) is 0 Å². The van der Waals surface area contributed by atoms with E-state index in [9.17, 15) is 83.4 Å². The maximum atomic E-state index is 13.4. The third-order valence-electron chi connectivity index (χ3n) is 3.41. The Kier molecular flexibility index (Phi) is 5.56. The monoisotopic (exact) mass is 511 g/mol. The molecule has 0 saturated heterocycles. The zero-order chi connectivity index (χ0) is 25.5. The Morgan fingerprint density at radius 3 is 1.13 bits per heavy atom. The maximum Gasteiger partial charge on any atom is 0.489 e. The van der Waals surface area contributed by atoms with Gasteiger partial charge in [0.25, 0.3) is 5.90 Å². The zero-order valence-electron chi connectivity index (χ0n) is 13.0. The molecule has 0 N–H and O–H groups in total. The molecule has 21 heteroatoms. The molecular weight excluding hydrogens is 511 g/mol. The molecule has 1 aliphatic rings. The van der Waals surface area contributed by atoms with Crippen molar-refractivity contribution in [1.82, 2.24) is 0 Å². The SMILES string of the molecule is FC(F)(F)C(F)(F)C(F)(F)C(F)(F)C(F)(F)C(F)(F)C(F)(F)C1=NC(F)(F)C(F)(F)O1. The van der Waals surface area contributed by atoms with Gasteiger partial charge in [0, 0.05) is 0 Å². The molecule has 31 heavy (non-hydrogen) atoms. The largest absolute Gasteiger partial charge is 0.489 e. The quantitative estimate of drug-likeness (QED) is 0.318. The molecule has 1 aliphatic heterocycles. The normalized spacial score (nSPS) is 21.1. The van der Waals surface area contributed by atoms with Crippen molar-refractivity contribution in [2.75, 3.05) is 0 Å². The molecule has 0 aliphatic carbocycles. The van der Waals surface area contributed by atoms with Crippen molar-refractivity contribution >= 4 is 5.90 Å². The van der Waals surface area contributed by atoms with Crippen LogP contribution in [0.25, 0.3) is 0 Å². The fourth-order valence-electron chi connectivity index (χ4n) is 1.63. The highest BCUT2D eigenvalue weighted by Crippen LogP contribution is 2.63. The molecule has 2 nitrogen and oxygen atoms in total. The predicted octanol–water partition coefficient (Wildman–Crippen LogP) is 5.97. The smallest absolute Gasteiger partial charge is 0.406 e. The van der Waals surface area contributed by atoms with Crippen LogP contribution in [0.15, 0.2) is 4.99 Å². The third kappa shape index (κ3) is 3.23. The van der Waals surface area contributed by atoms with E-state index in [2.05, 4.69) is 4.74 Å². The topological polar surface area (TPSA) is 21.6 Å². The molecule has 0 aromatic rings. The lowest BCUT2D eigenvalue weighted by Crippen LogP contribution is -2.73. The number of aliphatic imine (C=N–C) groups is 1. The van der Waals surface area contributed by atoms with Crippen molar-refractivity contribution in [3.8, 4) is 0 Å². The average Bonchev–Trinajstić information content (AvgIpc) is 2.73. The van der Waals surface area contributed by atoms with Gasteiger partial charge in [0.15, 0.2) is 0 Å². The Labute approximate surface area is 154 Å². The summed E-state index contributed by atoms with van der Waals surface area (Å²) in [4.78, 5) is 0.744. The molecule has 1 heterocycles. The molecule has 0 unspecified atom stereocenters. The third-order valence-corrected chi connectivity index (χ3v) is 3.41. The summed E-state index contributed by atoms with van der Waals surface area (Å²) in [5, 5.41) is 0. The van der Waals surface area contributed by atoms with Gasteiger partial charge in [-0.1, -0.05) is 0 Å². The second kappa shape index (κ2) is 6.35. The minimum absolute atomic E-state index is 0.744. The van der Waals surface area contributed by atoms with Gasteiger partial charge in [0.1, 0.15) is 0 Å². The standard InChI is InChI=1S/C10F19NO/c11-2(12,1-30-9(26,27)10(28,29)31-1)3(13,14)4(15,16)5(17,18)6(19,20)7(21,22)8(23,24)25. The van der Waals surface area contributed by atoms with Gasteiger partial charge in [0.2, 0.25) is 0 Å². The highest BCUT2D eigenvalue weighted by atomic mass is 19.4. The van der Waals surface area contributed by atoms with Crippen molar-refractivity contribution in [1.29, 1.82) is 0 Å². The van der Waals surface area contributed by atoms with Gasteiger partial charge >= 0.3 is 53.9 Å². The molecule has 0 aromatic heterocycles. The minimum Gasteiger partial charge on any atom is -0.406 e. The van der Waals surface area contributed by atoms with Gasteiger partial charge in [-0.05, 0) is 0 Å². The van der Waals surface area contributed by atoms with Crippen molar-refractivity contribution < 1.29 is 88.2 Å². The van der Waals surface area contributed by atoms with Crippen LogP contribution in [0, 0.1) is 0 Å². The molecule has 0 saturated carbocycles. The fourth-order valence-corrected chi connectivity index (χ4v) is 1.63. The lowest BCUT2D eigenvalue weighted by Gasteiger charge is -2.41. The van der Waals surface area contributed by atoms with Gasteiger partial charge in [-0.2, -0.15) is 88.4 Å². The number of rotatable bonds is 6. The van der Waals surface area contributed by atoms with E-state index in [1.165, 1.54) is 0 Å². The first-order valence-corrected chi connectivity index (χ1v) is 6.45. The van der Waals surface area contributed by atoms with Crippen molar-refractivity contribution in [3.63, 3.8) is 0 Å². The molecule has 0 bridgehead atoms. The number of hydrogen-bond donors (Lipinski definition) is 0. The van der Waals surface area contributed by atoms with Crippen LogP contribution in [0.2, 0.25) is 0 Å². The summed E-state index contributed by atoms with van der Waals surface area (Å²) in [6.07, 6.45) is -14.1. The summed E-state index contributed by atoms with van der Waals surface area (Å²) >= 11 is 0. The Bertz CT molecular complexity index is 745. The van der Waals surface area contributed by atoms with E-state index in [0.717, 1.165) is 4.99 Å². The van der Waals surface area contributed by atoms with Gasteiger partial charge < -0.3 is 4.74 Å². The number of nitrogens with zero attached hydrogens (tertiary/aromatic N) is 1. The molecule has 0 amide bonds. The number of ether oxygens (including phenoxy) is 1. The molecule has 1 rings (SSSR count). The lowest BCUT2D eigenvalue weighted by atomic mass is 9.91. The van der Waals surface area contributed by atoms with Gasteiger partial charge in [-0.25, -0.2) is 0 Å². The van der Waals surface area contributed by atoms with E-state index in [-0.39, 0.29) is 0 Å². The first-order valence-electron chi connectivity index (χ1n) is 6.45. The summed E-state index contributed by atoms with van der Waals surface area (Å²) in [5.41, 5.74) is 0. The van der Waals surface area contributed by atoms with Crippen LogP contribution in [0.4, 0.5) is 83.4 Å². The van der Waals surface area contributed by atoms with Crippen LogP contribution in [0.1, 0.15) is 0 Å². The second-order valence-electron chi connectivity index (χ2n) is 5.52. The number of halogens is 19. The molecule has 0 aromatic carbocycles. The van der Waals surface area contributed by atoms with E-state index >= 15 is 0 Å². The van der Waals surface area contributed by atoms with Crippen molar-refractivity contribution in [2.24, 2.45) is 4.99 Å². The molecule has 0 radical (unpaired) electrons. The average molecular weight is 511 g/mol. The number of hydrogen-bond acceptors (Lipinski definition) is 2. The van der Waals surface area contributed by atoms with E-state index in [4.69, 9.17) is 0 Å². The van der Waals surface area contributed by atoms with Crippen LogP contribution in [-0.2, 0) is 4.74 Å². The van der Waals surface area contributed by atoms with E-state index in [0.29, 0.717) is 0 Å². The molecular formula is C10F19NO. The predicted molar refractivity (Wildman–Crippen MR) is 54.2 cm³/mol. The Hall–Kier alpha value is -1.86. The summed E-state index contributed by atoms with van der Waals surface area (Å²) in [6.45, 7) is 0. The van der Waals surface area contributed by atoms with E-state index < -0.39 is 59.8 Å². The number of alkyl halides is 19. The summed E-state index contributed by atoms with van der Waals surface area (Å²) in [7, 11) is 0. The Balaban J connectivity index is 3.64. The first-order chi connectivity index (χ1) is 13.1. The van der Waals surface area contributed by atoms with E-state index in [1.54, 1.807) is 0 Å². The zero-order valence-corrected chi connectivity index (χ0v) is 13.0. The Morgan fingerprint density at radius 2 is 0.839 bits per heavy atom. The van der Waals surface area contributed by atoms with Crippen LogP contribution in [-0.4, -0.2) is 59.8 Å². The molecule has 184 valence electrons. The maximum absolute atomic E-state index is 13.4. The second-order valence-corrected chi connectivity index (χ2v) is 5.52. The summed E-state index contributed by atoms with van der Waals surface area (Å²) in [6, 6.07) is -6.23. The minimum atomic E-state index is -8.71. The van der Waals surface area contributed by atoms with Crippen LogP contribution in [0.3, 0.4) is 0 Å². The summed E-state index contributed by atoms with van der Waals surface area (Å²) in [5.74, 6) is -54.3. The highest BCUT2D eigenvalue weighted by molar-refractivity contribution is 5.87. The van der Waals surface area contributed by atoms with Gasteiger partial charge in [0.05, 0.1) is 0 Å². The first kappa shape index (κ1) is 27.2. The fraction of sp³-hybridized carbons (Fsp3) is 0.900. The molecule has 0 atom stereocenters. The van der Waals surface area contributed by atoms with Crippen molar-refractivity contribution in [3.05, 3.63) is 0 Å². The van der Waals surface area contributed by atoms with Crippen LogP contribution >= 0.6 is 0 Å².